The number of likely N-dealkylation sites (N-methyl/N-ethyl adjacent to an activating group) is 1. The van der Waals surface area contributed by atoms with E-state index in [0.717, 1.165) is 12.8 Å². The second-order valence-electron chi connectivity index (χ2n) is 13.0. The van der Waals surface area contributed by atoms with E-state index in [1.54, 1.807) is 14.7 Å². The monoisotopic (exact) mass is 628 g/mol. The number of nitrogens with zero attached hydrogens (tertiary/aromatic N) is 5. The average molecular weight is 629 g/mol. The van der Waals surface area contributed by atoms with Gasteiger partial charge in [0.25, 0.3) is 0 Å². The van der Waals surface area contributed by atoms with Crippen LogP contribution < -0.4 is 5.32 Å². The lowest BCUT2D eigenvalue weighted by Gasteiger charge is -2.38. The summed E-state index contributed by atoms with van der Waals surface area (Å²) in [5, 5.41) is 31.0. The zero-order valence-corrected chi connectivity index (χ0v) is 27.6. The molecule has 0 radical (unpaired) electrons. The van der Waals surface area contributed by atoms with Gasteiger partial charge in [0.2, 0.25) is 5.91 Å². The number of carbonyl (C=O) groups excluding carboxylic acids is 2. The first-order valence-electron chi connectivity index (χ1n) is 15.6. The smallest absolute Gasteiger partial charge is 0.317 e. The number of ketones is 1. The molecule has 1 fully saturated rings. The summed E-state index contributed by atoms with van der Waals surface area (Å²) in [6.07, 6.45) is 2.20. The number of hydrogen-bond donors (Lipinski definition) is 4. The fraction of sp³-hybridized carbons (Fsp3) is 0.833. The number of nitrogens with one attached hydrogen (secondary N) is 1. The van der Waals surface area contributed by atoms with Crippen LogP contribution in [0.1, 0.15) is 53.9 Å². The van der Waals surface area contributed by atoms with Gasteiger partial charge in [0.15, 0.2) is 5.78 Å². The van der Waals surface area contributed by atoms with Crippen LogP contribution >= 0.6 is 0 Å². The quantitative estimate of drug-likeness (QED) is 0.169. The number of rotatable bonds is 16. The predicted octanol–water partition coefficient (Wildman–Crippen LogP) is 0.0723. The topological polar surface area (TPSA) is 174 Å². The maximum atomic E-state index is 12.9. The molecule has 44 heavy (non-hydrogen) atoms. The van der Waals surface area contributed by atoms with Gasteiger partial charge in [-0.15, -0.1) is 0 Å². The maximum Gasteiger partial charge on any atom is 0.317 e. The number of amides is 1. The lowest BCUT2D eigenvalue weighted by Crippen LogP contribution is -2.50. The summed E-state index contributed by atoms with van der Waals surface area (Å²) < 4.78 is 0. The van der Waals surface area contributed by atoms with Crippen LogP contribution in [0.4, 0.5) is 0 Å². The molecular weight excluding hydrogens is 572 g/mol. The average Bonchev–Trinajstić information content (AvgIpc) is 2.90. The Labute approximate surface area is 262 Å². The first-order chi connectivity index (χ1) is 20.5. The SMILES string of the molecule is CC(C)C(=O)[C@H](CCCCNC(=O)CN1CCN(CC(=O)O)CCN(CC(=O)O)CCN(CC(=O)O)CC1)N(C)C(C)(C)C. The summed E-state index contributed by atoms with van der Waals surface area (Å²) in [5.74, 6) is -3.03. The van der Waals surface area contributed by atoms with Gasteiger partial charge in [0, 0.05) is 70.4 Å². The van der Waals surface area contributed by atoms with Crippen LogP contribution in [-0.2, 0) is 24.0 Å². The minimum Gasteiger partial charge on any atom is -0.480 e. The summed E-state index contributed by atoms with van der Waals surface area (Å²) in [6, 6.07) is -0.188. The number of carbonyl (C=O) groups is 5. The van der Waals surface area contributed by atoms with Gasteiger partial charge in [0.05, 0.1) is 32.2 Å². The van der Waals surface area contributed by atoms with Crippen LogP contribution in [0.15, 0.2) is 0 Å². The normalized spacial score (nSPS) is 18.0. The van der Waals surface area contributed by atoms with Crippen molar-refractivity contribution >= 4 is 29.6 Å². The van der Waals surface area contributed by atoms with Crippen LogP contribution in [0, 0.1) is 5.92 Å². The first kappa shape index (κ1) is 39.4. The van der Waals surface area contributed by atoms with Gasteiger partial charge in [-0.25, -0.2) is 0 Å². The van der Waals surface area contributed by atoms with Crippen molar-refractivity contribution in [3.8, 4) is 0 Å². The van der Waals surface area contributed by atoms with E-state index in [4.69, 9.17) is 0 Å². The Hall–Kier alpha value is -2.65. The van der Waals surface area contributed by atoms with Crippen molar-refractivity contribution in [3.05, 3.63) is 0 Å². The summed E-state index contributed by atoms with van der Waals surface area (Å²) in [7, 11) is 1.98. The Balaban J connectivity index is 2.80. The van der Waals surface area contributed by atoms with Gasteiger partial charge in [-0.1, -0.05) is 13.8 Å². The molecule has 14 nitrogen and oxygen atoms in total. The predicted molar refractivity (Wildman–Crippen MR) is 167 cm³/mol. The summed E-state index contributed by atoms with van der Waals surface area (Å²) in [5.41, 5.74) is -0.149. The zero-order chi connectivity index (χ0) is 33.4. The molecule has 0 unspecified atom stereocenters. The van der Waals surface area contributed by atoms with Crippen LogP contribution in [0.5, 0.6) is 0 Å². The van der Waals surface area contributed by atoms with Gasteiger partial charge >= 0.3 is 17.9 Å². The van der Waals surface area contributed by atoms with E-state index in [-0.39, 0.29) is 55.4 Å². The third kappa shape index (κ3) is 16.4. The highest BCUT2D eigenvalue weighted by molar-refractivity contribution is 5.85. The molecule has 1 aliphatic heterocycles. The Bertz CT molecular complexity index is 909. The van der Waals surface area contributed by atoms with E-state index < -0.39 is 17.9 Å². The minimum atomic E-state index is -1.01. The molecule has 1 saturated heterocycles. The van der Waals surface area contributed by atoms with Crippen LogP contribution in [-0.4, -0.2) is 173 Å². The fourth-order valence-corrected chi connectivity index (χ4v) is 5.11. The molecule has 0 aliphatic carbocycles. The minimum absolute atomic E-state index is 0.0639. The highest BCUT2D eigenvalue weighted by atomic mass is 16.4. The van der Waals surface area contributed by atoms with Crippen molar-refractivity contribution in [2.24, 2.45) is 5.92 Å². The molecule has 254 valence electrons. The molecular formula is C30H56N6O8. The van der Waals surface area contributed by atoms with Gasteiger partial charge < -0.3 is 20.6 Å². The van der Waals surface area contributed by atoms with Crippen LogP contribution in [0.3, 0.4) is 0 Å². The molecule has 1 atom stereocenters. The number of aliphatic carboxylic acids is 3. The standard InChI is InChI=1S/C30H56N6O8/c1-23(2)29(44)24(32(6)30(3,4)5)9-7-8-10-31-25(37)19-33-11-13-34(20-26(38)39)15-17-36(22-28(42)43)18-16-35(14-12-33)21-27(40)41/h23-24H,7-22H2,1-6H3,(H,31,37)(H,38,39)(H,40,41)(H,42,43)/t24-/m0/s1. The summed E-state index contributed by atoms with van der Waals surface area (Å²) in [6.45, 7) is 12.7. The number of carboxylic acids is 3. The van der Waals surface area contributed by atoms with Crippen molar-refractivity contribution < 1.29 is 39.3 Å². The van der Waals surface area contributed by atoms with Crippen LogP contribution in [0.25, 0.3) is 0 Å². The fourth-order valence-electron chi connectivity index (χ4n) is 5.11. The Morgan fingerprint density at radius 3 is 1.36 bits per heavy atom. The first-order valence-corrected chi connectivity index (χ1v) is 15.6. The van der Waals surface area contributed by atoms with Crippen LogP contribution in [0.2, 0.25) is 0 Å². The molecule has 0 spiro atoms. The van der Waals surface area contributed by atoms with Gasteiger partial charge in [-0.05, 0) is 47.1 Å². The van der Waals surface area contributed by atoms with E-state index in [2.05, 4.69) is 31.0 Å². The molecule has 1 amide bonds. The van der Waals surface area contributed by atoms with Gasteiger partial charge in [-0.3, -0.25) is 48.5 Å². The molecule has 1 rings (SSSR count). The molecule has 1 aliphatic rings. The van der Waals surface area contributed by atoms with E-state index >= 15 is 0 Å². The van der Waals surface area contributed by atoms with E-state index in [1.807, 2.05) is 25.8 Å². The Morgan fingerprint density at radius 1 is 0.682 bits per heavy atom. The number of Topliss-reactive ketones (excluding diaryl/α,β-unsaturated/α-hetero) is 1. The highest BCUT2D eigenvalue weighted by Gasteiger charge is 2.31. The van der Waals surface area contributed by atoms with Gasteiger partial charge in [0.1, 0.15) is 0 Å². The van der Waals surface area contributed by atoms with Crippen molar-refractivity contribution in [1.29, 1.82) is 0 Å². The molecule has 0 aromatic rings. The second kappa shape index (κ2) is 19.7. The second-order valence-corrected chi connectivity index (χ2v) is 13.0. The van der Waals surface area contributed by atoms with Gasteiger partial charge in [-0.2, -0.15) is 0 Å². The number of carboxylic acid groups (broad SMARTS) is 3. The largest absolute Gasteiger partial charge is 0.480 e. The lowest BCUT2D eigenvalue weighted by atomic mass is 9.92. The third-order valence-corrected chi connectivity index (χ3v) is 8.02. The zero-order valence-electron chi connectivity index (χ0n) is 27.6. The molecule has 0 aromatic carbocycles. The van der Waals surface area contributed by atoms with Crippen molar-refractivity contribution in [1.82, 2.24) is 29.8 Å². The number of hydrogen-bond acceptors (Lipinski definition) is 10. The molecule has 0 bridgehead atoms. The van der Waals surface area contributed by atoms with E-state index in [0.29, 0.717) is 65.3 Å². The highest BCUT2D eigenvalue weighted by Crippen LogP contribution is 2.21. The summed E-state index contributed by atoms with van der Waals surface area (Å²) >= 11 is 0. The van der Waals surface area contributed by atoms with E-state index in [1.165, 1.54) is 0 Å². The summed E-state index contributed by atoms with van der Waals surface area (Å²) in [4.78, 5) is 69.2. The van der Waals surface area contributed by atoms with Crippen molar-refractivity contribution in [2.75, 3.05) is 92.1 Å². The lowest BCUT2D eigenvalue weighted by molar-refractivity contribution is -0.140. The molecule has 4 N–H and O–H groups in total. The van der Waals surface area contributed by atoms with E-state index in [9.17, 15) is 39.3 Å². The van der Waals surface area contributed by atoms with Crippen molar-refractivity contribution in [3.63, 3.8) is 0 Å². The number of unbranched alkanes of at least 4 members (excludes halogenated alkanes) is 1. The maximum absolute atomic E-state index is 12.9. The molecule has 0 saturated carbocycles. The third-order valence-electron chi connectivity index (χ3n) is 8.02. The molecule has 1 heterocycles. The Kier molecular flexibility index (Phi) is 17.6. The molecule has 14 heteroatoms. The van der Waals surface area contributed by atoms with Crippen molar-refractivity contribution in [2.45, 2.75) is 65.5 Å². The molecule has 0 aromatic heterocycles. The Morgan fingerprint density at radius 2 is 1.05 bits per heavy atom.